The predicted octanol–water partition coefficient (Wildman–Crippen LogP) is 5.90. The van der Waals surface area contributed by atoms with Crippen LogP contribution in [0.15, 0.2) is 65.1 Å². The first-order valence-corrected chi connectivity index (χ1v) is 10.7. The first-order chi connectivity index (χ1) is 15.1. The van der Waals surface area contributed by atoms with Crippen LogP contribution in [0.25, 0.3) is 6.08 Å². The molecule has 4 rings (SSSR count). The number of ether oxygens (including phenoxy) is 2. The lowest BCUT2D eigenvalue weighted by Crippen LogP contribution is -2.36. The molecule has 7 heteroatoms. The average Bonchev–Trinajstić information content (AvgIpc) is 3.27. The minimum absolute atomic E-state index is 0.0847. The number of anilines is 1. The second-order valence-corrected chi connectivity index (χ2v) is 7.83. The molecule has 2 aromatic carbocycles. The van der Waals surface area contributed by atoms with Gasteiger partial charge in [-0.1, -0.05) is 23.2 Å². The lowest BCUT2D eigenvalue weighted by Gasteiger charge is -2.28. The minimum atomic E-state index is -0.0847. The number of rotatable bonds is 7. The molecule has 0 spiro atoms. The zero-order valence-electron chi connectivity index (χ0n) is 16.7. The van der Waals surface area contributed by atoms with Crippen LogP contribution in [0.1, 0.15) is 21.9 Å². The van der Waals surface area contributed by atoms with E-state index in [9.17, 15) is 4.79 Å². The molecular formula is C24H21Cl2NO4. The van der Waals surface area contributed by atoms with Gasteiger partial charge in [-0.3, -0.25) is 4.79 Å². The van der Waals surface area contributed by atoms with Crippen molar-refractivity contribution in [2.75, 3.05) is 31.2 Å². The Morgan fingerprint density at radius 3 is 2.52 bits per heavy atom. The summed E-state index contributed by atoms with van der Waals surface area (Å²) in [6.45, 7) is 3.43. The maximum Gasteiger partial charge on any atom is 0.185 e. The van der Waals surface area contributed by atoms with E-state index in [-0.39, 0.29) is 12.4 Å². The summed E-state index contributed by atoms with van der Waals surface area (Å²) in [5, 5.41) is 0.901. The number of carbonyl (C=O) groups excluding carboxylic acids is 1. The Morgan fingerprint density at radius 2 is 1.77 bits per heavy atom. The molecule has 3 aromatic rings. The quantitative estimate of drug-likeness (QED) is 0.326. The lowest BCUT2D eigenvalue weighted by molar-refractivity contribution is 0.104. The van der Waals surface area contributed by atoms with Crippen LogP contribution in [0.3, 0.4) is 0 Å². The van der Waals surface area contributed by atoms with E-state index in [1.54, 1.807) is 36.4 Å². The van der Waals surface area contributed by atoms with Crippen molar-refractivity contribution in [3.63, 3.8) is 0 Å². The van der Waals surface area contributed by atoms with Crippen molar-refractivity contribution in [2.45, 2.75) is 6.61 Å². The summed E-state index contributed by atoms with van der Waals surface area (Å²) >= 11 is 11.9. The number of morpholine rings is 1. The van der Waals surface area contributed by atoms with Gasteiger partial charge in [0.2, 0.25) is 0 Å². The van der Waals surface area contributed by atoms with E-state index in [0.29, 0.717) is 32.9 Å². The van der Waals surface area contributed by atoms with E-state index >= 15 is 0 Å². The van der Waals surface area contributed by atoms with E-state index in [4.69, 9.17) is 37.1 Å². The highest BCUT2D eigenvalue weighted by Gasteiger charge is 2.12. The monoisotopic (exact) mass is 457 g/mol. The summed E-state index contributed by atoms with van der Waals surface area (Å²) in [7, 11) is 0. The number of hydrogen-bond donors (Lipinski definition) is 0. The van der Waals surface area contributed by atoms with Gasteiger partial charge in [-0.2, -0.15) is 0 Å². The second kappa shape index (κ2) is 10.1. The highest BCUT2D eigenvalue weighted by molar-refractivity contribution is 6.42. The fourth-order valence-electron chi connectivity index (χ4n) is 3.19. The molecular weight excluding hydrogens is 437 g/mol. The Morgan fingerprint density at radius 1 is 1.00 bits per heavy atom. The molecule has 0 atom stereocenters. The molecule has 0 amide bonds. The summed E-state index contributed by atoms with van der Waals surface area (Å²) in [4.78, 5) is 14.7. The molecule has 31 heavy (non-hydrogen) atoms. The molecule has 160 valence electrons. The van der Waals surface area contributed by atoms with Gasteiger partial charge < -0.3 is 18.8 Å². The van der Waals surface area contributed by atoms with Gasteiger partial charge in [-0.05, 0) is 60.7 Å². The van der Waals surface area contributed by atoms with E-state index < -0.39 is 0 Å². The average molecular weight is 458 g/mol. The van der Waals surface area contributed by atoms with Crippen LogP contribution in [0.2, 0.25) is 10.0 Å². The molecule has 0 unspecified atom stereocenters. The number of carbonyl (C=O) groups is 1. The van der Waals surface area contributed by atoms with Crippen molar-refractivity contribution >= 4 is 40.7 Å². The van der Waals surface area contributed by atoms with Crippen LogP contribution >= 0.6 is 23.2 Å². The third kappa shape index (κ3) is 5.70. The summed E-state index contributed by atoms with van der Waals surface area (Å²) in [6.07, 6.45) is 3.16. The third-order valence-electron chi connectivity index (χ3n) is 4.88. The molecule has 1 saturated heterocycles. The van der Waals surface area contributed by atoms with E-state index in [1.165, 1.54) is 6.08 Å². The molecule has 0 saturated carbocycles. The maximum atomic E-state index is 12.5. The van der Waals surface area contributed by atoms with Crippen molar-refractivity contribution in [2.24, 2.45) is 0 Å². The molecule has 5 nitrogen and oxygen atoms in total. The second-order valence-electron chi connectivity index (χ2n) is 7.01. The number of benzene rings is 2. The molecule has 0 aliphatic carbocycles. The molecule has 1 fully saturated rings. The normalized spacial score (nSPS) is 14.2. The third-order valence-corrected chi connectivity index (χ3v) is 5.62. The number of halogens is 2. The Balaban J connectivity index is 1.32. The van der Waals surface area contributed by atoms with Crippen molar-refractivity contribution < 1.29 is 18.7 Å². The number of furan rings is 1. The Hall–Kier alpha value is -2.73. The number of nitrogens with zero attached hydrogens (tertiary/aromatic N) is 1. The zero-order chi connectivity index (χ0) is 21.6. The van der Waals surface area contributed by atoms with Gasteiger partial charge in [0.05, 0.1) is 23.3 Å². The first kappa shape index (κ1) is 21.5. The van der Waals surface area contributed by atoms with Crippen LogP contribution in [0.5, 0.6) is 5.75 Å². The minimum Gasteiger partial charge on any atom is -0.486 e. The predicted molar refractivity (Wildman–Crippen MR) is 122 cm³/mol. The molecule has 1 aliphatic rings. The van der Waals surface area contributed by atoms with Gasteiger partial charge in [0.15, 0.2) is 5.78 Å². The van der Waals surface area contributed by atoms with Crippen molar-refractivity contribution in [3.05, 3.63) is 87.8 Å². The van der Waals surface area contributed by atoms with Crippen molar-refractivity contribution in [1.82, 2.24) is 0 Å². The van der Waals surface area contributed by atoms with Crippen LogP contribution in [-0.2, 0) is 11.3 Å². The van der Waals surface area contributed by atoms with Crippen molar-refractivity contribution in [1.29, 1.82) is 0 Å². The van der Waals surface area contributed by atoms with Gasteiger partial charge in [0.1, 0.15) is 23.9 Å². The highest BCUT2D eigenvalue weighted by Crippen LogP contribution is 2.27. The number of allylic oxidation sites excluding steroid dienone is 1. The summed E-state index contributed by atoms with van der Waals surface area (Å²) in [6, 6.07) is 16.3. The lowest BCUT2D eigenvalue weighted by atomic mass is 10.1. The van der Waals surface area contributed by atoms with Crippen LogP contribution in [0, 0.1) is 0 Å². The maximum absolute atomic E-state index is 12.5. The largest absolute Gasteiger partial charge is 0.486 e. The molecule has 0 bridgehead atoms. The van der Waals surface area contributed by atoms with Crippen LogP contribution < -0.4 is 9.64 Å². The zero-order valence-corrected chi connectivity index (χ0v) is 18.2. The number of ketones is 1. The van der Waals surface area contributed by atoms with Crippen LogP contribution in [0.4, 0.5) is 5.69 Å². The van der Waals surface area contributed by atoms with Crippen molar-refractivity contribution in [3.8, 4) is 5.75 Å². The molecule has 1 aliphatic heterocycles. The summed E-state index contributed by atoms with van der Waals surface area (Å²) in [5.41, 5.74) is 1.73. The first-order valence-electron chi connectivity index (χ1n) is 9.90. The molecule has 0 N–H and O–H groups in total. The number of hydrogen-bond acceptors (Lipinski definition) is 5. The fraction of sp³-hybridized carbons (Fsp3) is 0.208. The summed E-state index contributed by atoms with van der Waals surface area (Å²) < 4.78 is 16.7. The molecule has 2 heterocycles. The van der Waals surface area contributed by atoms with Gasteiger partial charge in [0.25, 0.3) is 0 Å². The Kier molecular flexibility index (Phi) is 6.97. The topological polar surface area (TPSA) is 51.9 Å². The SMILES string of the molecule is O=C(/C=C/c1ccc(COc2ccc(Cl)c(Cl)c2)o1)c1ccc(N2CCOCC2)cc1. The molecule has 1 aromatic heterocycles. The highest BCUT2D eigenvalue weighted by atomic mass is 35.5. The smallest absolute Gasteiger partial charge is 0.185 e. The van der Waals surface area contributed by atoms with E-state index in [0.717, 1.165) is 32.0 Å². The fourth-order valence-corrected chi connectivity index (χ4v) is 3.48. The van der Waals surface area contributed by atoms with Gasteiger partial charge in [-0.25, -0.2) is 0 Å². The van der Waals surface area contributed by atoms with E-state index in [1.807, 2.05) is 24.3 Å². The Bertz CT molecular complexity index is 1070. The van der Waals surface area contributed by atoms with Crippen LogP contribution in [-0.4, -0.2) is 32.1 Å². The van der Waals surface area contributed by atoms with Gasteiger partial charge in [0, 0.05) is 30.4 Å². The molecule has 0 radical (unpaired) electrons. The Labute approximate surface area is 190 Å². The summed E-state index contributed by atoms with van der Waals surface area (Å²) in [5.74, 6) is 1.72. The van der Waals surface area contributed by atoms with E-state index in [2.05, 4.69) is 4.90 Å². The van der Waals surface area contributed by atoms with Gasteiger partial charge in [-0.15, -0.1) is 0 Å². The standard InChI is InChI=1S/C24H21Cl2NO4/c25-22-9-7-20(15-23(22)26)30-16-21-6-5-19(31-21)8-10-24(28)17-1-3-18(4-2-17)27-11-13-29-14-12-27/h1-10,15H,11-14,16H2/b10-8+. The van der Waals surface area contributed by atoms with Gasteiger partial charge >= 0.3 is 0 Å².